The first-order valence-electron chi connectivity index (χ1n) is 10.4. The molecule has 0 saturated heterocycles. The maximum Gasteiger partial charge on any atom is 0.152 e. The third kappa shape index (κ3) is 3.32. The Labute approximate surface area is 158 Å². The van der Waals surface area contributed by atoms with Crippen molar-refractivity contribution in [3.8, 4) is 0 Å². The average molecular weight is 364 g/mol. The van der Waals surface area contributed by atoms with Crippen molar-refractivity contribution in [2.75, 3.05) is 0 Å². The van der Waals surface area contributed by atoms with Gasteiger partial charge in [0.25, 0.3) is 0 Å². The molecular formula is C23H36O3. The Balaban J connectivity index is 1.87. The van der Waals surface area contributed by atoms with Crippen LogP contribution in [0, 0.1) is 28.6 Å². The van der Waals surface area contributed by atoms with Crippen molar-refractivity contribution in [1.82, 2.24) is 0 Å². The predicted molar refractivity (Wildman–Crippen MR) is 104 cm³/mol. The third-order valence-electron chi connectivity index (χ3n) is 7.59. The van der Waals surface area contributed by atoms with Gasteiger partial charge in [0.1, 0.15) is 5.78 Å². The van der Waals surface area contributed by atoms with E-state index in [1.807, 2.05) is 6.08 Å². The van der Waals surface area contributed by atoms with Crippen LogP contribution < -0.4 is 0 Å². The summed E-state index contributed by atoms with van der Waals surface area (Å²) in [4.78, 5) is 24.3. The monoisotopic (exact) mass is 363 g/mol. The molecule has 0 N–H and O–H groups in total. The van der Waals surface area contributed by atoms with Crippen LogP contribution in [0.4, 0.5) is 0 Å². The summed E-state index contributed by atoms with van der Waals surface area (Å²) in [7, 11) is 0. The van der Waals surface area contributed by atoms with E-state index >= 15 is 0 Å². The van der Waals surface area contributed by atoms with Crippen molar-refractivity contribution < 1.29 is 14.3 Å². The van der Waals surface area contributed by atoms with Crippen LogP contribution in [0.2, 0.25) is 0 Å². The molecule has 3 nitrogen and oxygen atoms in total. The van der Waals surface area contributed by atoms with Crippen molar-refractivity contribution in [3.05, 3.63) is 12.2 Å². The van der Waals surface area contributed by atoms with Gasteiger partial charge < -0.3 is 4.74 Å². The van der Waals surface area contributed by atoms with Crippen molar-refractivity contribution in [1.29, 1.82) is 0 Å². The van der Waals surface area contributed by atoms with Crippen LogP contribution in [0.25, 0.3) is 0 Å². The van der Waals surface area contributed by atoms with Gasteiger partial charge in [-0.2, -0.15) is 0 Å². The molecule has 0 aromatic rings. The number of carbonyl (C=O) groups excluding carboxylic acids is 2. The molecule has 0 aromatic carbocycles. The normalized spacial score (nSPS) is 43.4. The molecule has 146 valence electrons. The molecule has 0 radical (unpaired) electrons. The molecule has 0 bridgehead atoms. The first-order chi connectivity index (χ1) is 12.0. The number of hydrogen-bond donors (Lipinski definition) is 0. The fourth-order valence-electron chi connectivity index (χ4n) is 6.29. The van der Waals surface area contributed by atoms with E-state index in [1.165, 1.54) is 6.42 Å². The minimum absolute atomic E-state index is 0.0290. The van der Waals surface area contributed by atoms with Gasteiger partial charge in [-0.1, -0.05) is 13.0 Å². The molecule has 3 heteroatoms. The van der Waals surface area contributed by atoms with Gasteiger partial charge in [-0.3, -0.25) is 9.59 Å². The van der Waals surface area contributed by atoms with Crippen molar-refractivity contribution in [3.63, 3.8) is 0 Å². The van der Waals surface area contributed by atoms with E-state index in [0.29, 0.717) is 36.1 Å². The lowest BCUT2D eigenvalue weighted by Crippen LogP contribution is -2.53. The van der Waals surface area contributed by atoms with Crippen LogP contribution in [-0.4, -0.2) is 23.3 Å². The molecule has 0 spiro atoms. The first kappa shape index (κ1) is 19.8. The molecule has 3 aliphatic carbocycles. The number of fused-ring (bicyclic) bond motifs is 3. The lowest BCUT2D eigenvalue weighted by molar-refractivity contribution is -0.151. The molecule has 0 aliphatic heterocycles. The van der Waals surface area contributed by atoms with Crippen LogP contribution in [0.1, 0.15) is 80.1 Å². The minimum Gasteiger partial charge on any atom is -0.372 e. The van der Waals surface area contributed by atoms with E-state index in [-0.39, 0.29) is 16.8 Å². The van der Waals surface area contributed by atoms with Crippen LogP contribution in [-0.2, 0) is 14.3 Å². The molecule has 6 atom stereocenters. The Morgan fingerprint density at radius 3 is 2.42 bits per heavy atom. The second kappa shape index (κ2) is 6.58. The van der Waals surface area contributed by atoms with E-state index in [2.05, 4.69) is 34.6 Å². The Kier molecular flexibility index (Phi) is 5.01. The lowest BCUT2D eigenvalue weighted by Gasteiger charge is -2.55. The van der Waals surface area contributed by atoms with E-state index in [0.717, 1.165) is 25.7 Å². The Hall–Kier alpha value is -0.960. The van der Waals surface area contributed by atoms with Gasteiger partial charge in [-0.25, -0.2) is 0 Å². The predicted octanol–water partition coefficient (Wildman–Crippen LogP) is 5.13. The smallest absolute Gasteiger partial charge is 0.152 e. The van der Waals surface area contributed by atoms with Gasteiger partial charge in [-0.05, 0) is 96.0 Å². The standard InChI is InChI=1S/C23H36O3/c1-15(24)11-13-22(5)18-12-14-23(6)17(16(18)7-9-19(22)25)8-10-20(23)26-21(2,3)4/h11,13,16-18,20H,7-10,12,14H2,1-6H3/b13-11+/t16?,17?,18?,20-,22+,23-/m0/s1/i1+1,11+1,15+1. The number of ether oxygens (including phenoxy) is 1. The zero-order valence-corrected chi connectivity index (χ0v) is 17.4. The van der Waals surface area contributed by atoms with Gasteiger partial charge in [0.2, 0.25) is 0 Å². The van der Waals surface area contributed by atoms with Crippen LogP contribution >= 0.6 is 0 Å². The molecule has 26 heavy (non-hydrogen) atoms. The molecule has 0 aromatic heterocycles. The summed E-state index contributed by atoms with van der Waals surface area (Å²) in [5.41, 5.74) is -0.362. The Morgan fingerprint density at radius 1 is 1.12 bits per heavy atom. The molecule has 3 saturated carbocycles. The van der Waals surface area contributed by atoms with Crippen molar-refractivity contribution in [2.45, 2.75) is 91.8 Å². The molecule has 3 fully saturated rings. The summed E-state index contributed by atoms with van der Waals surface area (Å²) in [5.74, 6) is 1.92. The van der Waals surface area contributed by atoms with E-state index < -0.39 is 5.41 Å². The zero-order chi connectivity index (χ0) is 19.3. The van der Waals surface area contributed by atoms with Crippen molar-refractivity contribution in [2.24, 2.45) is 28.6 Å². The summed E-state index contributed by atoms with van der Waals surface area (Å²) in [6.45, 7) is 12.5. The van der Waals surface area contributed by atoms with E-state index in [1.54, 1.807) is 13.0 Å². The number of allylic oxidation sites excluding steroid dienone is 2. The van der Waals surface area contributed by atoms with Gasteiger partial charge >= 0.3 is 0 Å². The van der Waals surface area contributed by atoms with Crippen LogP contribution in [0.5, 0.6) is 0 Å². The van der Waals surface area contributed by atoms with Gasteiger partial charge in [0.05, 0.1) is 11.7 Å². The largest absolute Gasteiger partial charge is 0.372 e. The van der Waals surface area contributed by atoms with Gasteiger partial charge in [0, 0.05) is 11.8 Å². The Morgan fingerprint density at radius 2 is 1.81 bits per heavy atom. The van der Waals surface area contributed by atoms with Crippen LogP contribution in [0.15, 0.2) is 12.2 Å². The highest BCUT2D eigenvalue weighted by Crippen LogP contribution is 2.63. The van der Waals surface area contributed by atoms with Crippen LogP contribution in [0.3, 0.4) is 0 Å². The highest BCUT2D eigenvalue weighted by Gasteiger charge is 2.59. The fourth-order valence-corrected chi connectivity index (χ4v) is 6.29. The van der Waals surface area contributed by atoms with E-state index in [4.69, 9.17) is 4.74 Å². The summed E-state index contributed by atoms with van der Waals surface area (Å²) < 4.78 is 6.48. The van der Waals surface area contributed by atoms with Gasteiger partial charge in [-0.15, -0.1) is 0 Å². The Bertz CT molecular complexity index is 613. The summed E-state index contributed by atoms with van der Waals surface area (Å²) >= 11 is 0. The molecule has 0 amide bonds. The number of carbonyl (C=O) groups is 2. The summed E-state index contributed by atoms with van der Waals surface area (Å²) in [6.07, 6.45) is 10.1. The quantitative estimate of drug-likeness (QED) is 0.516. The summed E-state index contributed by atoms with van der Waals surface area (Å²) in [5, 5.41) is 0. The number of hydrogen-bond acceptors (Lipinski definition) is 3. The second-order valence-corrected chi connectivity index (χ2v) is 10.4. The maximum absolute atomic E-state index is 12.8. The van der Waals surface area contributed by atoms with Gasteiger partial charge in [0.15, 0.2) is 5.78 Å². The highest BCUT2D eigenvalue weighted by molar-refractivity contribution is 5.91. The maximum atomic E-state index is 12.8. The highest BCUT2D eigenvalue weighted by atomic mass is 16.5. The third-order valence-corrected chi connectivity index (χ3v) is 7.59. The average Bonchev–Trinajstić information content (AvgIpc) is 2.84. The fraction of sp³-hybridized carbons (Fsp3) is 0.826. The molecule has 3 aliphatic rings. The second-order valence-electron chi connectivity index (χ2n) is 10.4. The number of rotatable bonds is 3. The number of Topliss-reactive ketones (excluding diaryl/α,β-unsaturated/α-hetero) is 1. The topological polar surface area (TPSA) is 43.4 Å². The summed E-state index contributed by atoms with van der Waals surface area (Å²) in [6, 6.07) is 0. The molecule has 3 unspecified atom stereocenters. The first-order valence-corrected chi connectivity index (χ1v) is 10.4. The minimum atomic E-state index is -0.473. The zero-order valence-electron chi connectivity index (χ0n) is 17.4. The number of ketones is 2. The SMILES string of the molecule is CC(C)(C)O[C@H]1CCC2C3CCC(=O)[C@](C)(/C=[13CH]/[13C]([13CH3])=O)C3CC[C@@]21C. The molecule has 0 heterocycles. The van der Waals surface area contributed by atoms with E-state index in [9.17, 15) is 9.59 Å². The van der Waals surface area contributed by atoms with Crippen molar-refractivity contribution >= 4 is 11.6 Å². The molecular weight excluding hydrogens is 327 g/mol. The lowest BCUT2D eigenvalue weighted by atomic mass is 9.50. The molecule has 3 rings (SSSR count).